The van der Waals surface area contributed by atoms with Gasteiger partial charge in [0.25, 0.3) is 17.7 Å². The zero-order valence-electron chi connectivity index (χ0n) is 27.9. The predicted octanol–water partition coefficient (Wildman–Crippen LogP) is 4.04. The van der Waals surface area contributed by atoms with Crippen LogP contribution in [0, 0.1) is 6.92 Å². The van der Waals surface area contributed by atoms with E-state index in [2.05, 4.69) is 70.2 Å². The first-order valence-electron chi connectivity index (χ1n) is 16.0. The minimum absolute atomic E-state index is 0.00423. The summed E-state index contributed by atoms with van der Waals surface area (Å²) in [5.74, 6) is -0.0776. The van der Waals surface area contributed by atoms with E-state index < -0.39 is 5.91 Å². The number of amides is 3. The van der Waals surface area contributed by atoms with Crippen LogP contribution in [-0.2, 0) is 0 Å². The fourth-order valence-corrected chi connectivity index (χ4v) is 6.52. The summed E-state index contributed by atoms with van der Waals surface area (Å²) in [5.41, 5.74) is 10.2. The zero-order chi connectivity index (χ0) is 33.8. The summed E-state index contributed by atoms with van der Waals surface area (Å²) in [6, 6.07) is 14.8. The smallest absolute Gasteiger partial charge is 0.253 e. The van der Waals surface area contributed by atoms with Crippen LogP contribution in [-0.4, -0.2) is 80.0 Å². The van der Waals surface area contributed by atoms with Gasteiger partial charge in [-0.1, -0.05) is 18.7 Å². The van der Waals surface area contributed by atoms with E-state index >= 15 is 0 Å². The van der Waals surface area contributed by atoms with Crippen molar-refractivity contribution in [2.75, 3.05) is 50.1 Å². The van der Waals surface area contributed by atoms with Gasteiger partial charge in [0.2, 0.25) is 0 Å². The average molecular weight is 640 g/mol. The topological polar surface area (TPSA) is 133 Å². The lowest BCUT2D eigenvalue weighted by Crippen LogP contribution is -2.48. The number of piperazine rings is 1. The first kappa shape index (κ1) is 33.5. The molecule has 11 nitrogen and oxygen atoms in total. The maximum absolute atomic E-state index is 13.2. The van der Waals surface area contributed by atoms with Crippen LogP contribution in [0.1, 0.15) is 74.9 Å². The molecule has 2 aliphatic heterocycles. The van der Waals surface area contributed by atoms with Crippen LogP contribution < -0.4 is 30.9 Å². The lowest BCUT2D eigenvalue weighted by molar-refractivity contribution is 0.0924. The number of likely N-dealkylation sites (N-methyl/N-ethyl adjacent to an activating group) is 1. The van der Waals surface area contributed by atoms with Gasteiger partial charge in [0.15, 0.2) is 0 Å². The molecule has 0 saturated carbocycles. The number of nitrogens with two attached hydrogens (primary N) is 1. The van der Waals surface area contributed by atoms with Crippen molar-refractivity contribution in [3.63, 3.8) is 0 Å². The summed E-state index contributed by atoms with van der Waals surface area (Å²) in [6.45, 7) is 14.2. The lowest BCUT2D eigenvalue weighted by Gasteiger charge is -2.40. The van der Waals surface area contributed by atoms with Crippen LogP contribution in [0.4, 0.5) is 11.5 Å². The number of pyridine rings is 1. The van der Waals surface area contributed by atoms with Crippen molar-refractivity contribution in [3.05, 3.63) is 94.8 Å². The Labute approximate surface area is 276 Å². The average Bonchev–Trinajstić information content (AvgIpc) is 3.04. The molecule has 2 aliphatic rings. The summed E-state index contributed by atoms with van der Waals surface area (Å²) < 4.78 is 5.37. The number of carbonyl (C=O) groups is 3. The number of benzene rings is 2. The number of nitrogens with zero attached hydrogens (tertiary/aromatic N) is 4. The molecule has 2 saturated heterocycles. The molecule has 3 aromatic rings. The molecule has 1 aromatic heterocycles. The summed E-state index contributed by atoms with van der Waals surface area (Å²) in [7, 11) is 3.59. The van der Waals surface area contributed by atoms with Crippen LogP contribution in [0.3, 0.4) is 0 Å². The van der Waals surface area contributed by atoms with E-state index in [-0.39, 0.29) is 35.5 Å². The number of aromatic nitrogens is 1. The molecule has 11 heteroatoms. The second-order valence-electron chi connectivity index (χ2n) is 12.6. The molecule has 2 fully saturated rings. The summed E-state index contributed by atoms with van der Waals surface area (Å²) in [5, 5.41) is 6.20. The Morgan fingerprint density at radius 2 is 1.68 bits per heavy atom. The van der Waals surface area contributed by atoms with Crippen LogP contribution in [0.25, 0.3) is 0 Å². The van der Waals surface area contributed by atoms with Gasteiger partial charge < -0.3 is 35.8 Å². The van der Waals surface area contributed by atoms with Crippen LogP contribution >= 0.6 is 0 Å². The highest BCUT2D eigenvalue weighted by Gasteiger charge is 2.31. The Bertz CT molecular complexity index is 1630. The van der Waals surface area contributed by atoms with Crippen molar-refractivity contribution in [1.29, 1.82) is 0 Å². The van der Waals surface area contributed by atoms with Crippen LogP contribution in [0.5, 0.6) is 5.75 Å². The fraction of sp³-hybridized carbons (Fsp3) is 0.389. The number of methoxy groups -OCH3 is 1. The minimum atomic E-state index is -0.617. The Hall–Kier alpha value is -4.90. The van der Waals surface area contributed by atoms with Crippen molar-refractivity contribution < 1.29 is 19.1 Å². The van der Waals surface area contributed by atoms with E-state index in [9.17, 15) is 14.4 Å². The number of hydrogen-bond acceptors (Lipinski definition) is 8. The van der Waals surface area contributed by atoms with Gasteiger partial charge in [0.1, 0.15) is 11.6 Å². The largest absolute Gasteiger partial charge is 0.496 e. The van der Waals surface area contributed by atoms with Gasteiger partial charge in [-0.3, -0.25) is 14.4 Å². The summed E-state index contributed by atoms with van der Waals surface area (Å²) in [6.07, 6.45) is 2.78. The molecule has 0 radical (unpaired) electrons. The third-order valence-corrected chi connectivity index (χ3v) is 9.21. The first-order valence-corrected chi connectivity index (χ1v) is 16.0. The van der Waals surface area contributed by atoms with Gasteiger partial charge in [0.05, 0.1) is 24.3 Å². The van der Waals surface area contributed by atoms with Crippen molar-refractivity contribution >= 4 is 29.2 Å². The molecule has 3 heterocycles. The highest BCUT2D eigenvalue weighted by atomic mass is 16.5. The van der Waals surface area contributed by atoms with Crippen molar-refractivity contribution in [2.45, 2.75) is 51.7 Å². The SMILES string of the molecule is C=C1CC(NC(=O)c2ccc(C(N)=O)c(OC)c2C)CC(C)N1c1ccc(C(=O)NC(C)c2ccc(N3CCN(C)CC3)cc2)cn1. The third-order valence-electron chi connectivity index (χ3n) is 9.21. The van der Waals surface area contributed by atoms with Gasteiger partial charge in [-0.25, -0.2) is 4.98 Å². The molecular weight excluding hydrogens is 594 g/mol. The van der Waals surface area contributed by atoms with Crippen molar-refractivity contribution in [2.24, 2.45) is 5.73 Å². The van der Waals surface area contributed by atoms with Gasteiger partial charge in [-0.2, -0.15) is 0 Å². The number of nitrogens with one attached hydrogen (secondary N) is 2. The van der Waals surface area contributed by atoms with E-state index in [0.29, 0.717) is 41.1 Å². The summed E-state index contributed by atoms with van der Waals surface area (Å²) >= 11 is 0. The monoisotopic (exact) mass is 639 g/mol. The summed E-state index contributed by atoms with van der Waals surface area (Å²) in [4.78, 5) is 49.5. The zero-order valence-corrected chi connectivity index (χ0v) is 27.9. The van der Waals surface area contributed by atoms with Gasteiger partial charge >= 0.3 is 0 Å². The molecule has 3 amide bonds. The number of hydrogen-bond donors (Lipinski definition) is 3. The third kappa shape index (κ3) is 7.41. The molecule has 0 bridgehead atoms. The molecule has 248 valence electrons. The van der Waals surface area contributed by atoms with Gasteiger partial charge in [-0.05, 0) is 76.2 Å². The van der Waals surface area contributed by atoms with Crippen LogP contribution in [0.15, 0.2) is 67.0 Å². The van der Waals surface area contributed by atoms with E-state index in [4.69, 9.17) is 10.5 Å². The second-order valence-corrected chi connectivity index (χ2v) is 12.6. The number of rotatable bonds is 9. The molecule has 5 rings (SSSR count). The second kappa shape index (κ2) is 14.3. The molecule has 3 atom stereocenters. The quantitative estimate of drug-likeness (QED) is 0.320. The highest BCUT2D eigenvalue weighted by Crippen LogP contribution is 2.31. The van der Waals surface area contributed by atoms with Crippen molar-refractivity contribution in [3.8, 4) is 5.75 Å². The highest BCUT2D eigenvalue weighted by molar-refractivity contribution is 6.01. The van der Waals surface area contributed by atoms with E-state index in [1.165, 1.54) is 18.9 Å². The lowest BCUT2D eigenvalue weighted by atomic mass is 9.94. The van der Waals surface area contributed by atoms with Crippen LogP contribution in [0.2, 0.25) is 0 Å². The molecular formula is C36H45N7O4. The van der Waals surface area contributed by atoms with Gasteiger partial charge in [-0.15, -0.1) is 0 Å². The predicted molar refractivity (Wildman–Crippen MR) is 184 cm³/mol. The molecule has 0 spiro atoms. The molecule has 2 aromatic carbocycles. The van der Waals surface area contributed by atoms with Gasteiger partial charge in [0, 0.05) is 73.4 Å². The maximum atomic E-state index is 13.2. The normalized spacial score (nSPS) is 19.2. The fourth-order valence-electron chi connectivity index (χ4n) is 6.52. The Morgan fingerprint density at radius 3 is 2.28 bits per heavy atom. The first-order chi connectivity index (χ1) is 22.5. The van der Waals surface area contributed by atoms with E-state index in [0.717, 1.165) is 37.4 Å². The van der Waals surface area contributed by atoms with E-state index in [1.54, 1.807) is 25.3 Å². The van der Waals surface area contributed by atoms with Crippen molar-refractivity contribution in [1.82, 2.24) is 20.5 Å². The number of primary amides is 1. The molecule has 4 N–H and O–H groups in total. The molecule has 3 unspecified atom stereocenters. The number of piperidine rings is 1. The minimum Gasteiger partial charge on any atom is -0.496 e. The molecule has 47 heavy (non-hydrogen) atoms. The van der Waals surface area contributed by atoms with E-state index in [1.807, 2.05) is 17.9 Å². The Morgan fingerprint density at radius 1 is 1.00 bits per heavy atom. The Balaban J connectivity index is 1.17. The standard InChI is InChI=1S/C36H45N7O4/c1-22-19-28(40-36(46)30-12-13-31(34(37)44)33(47-6)24(30)3)20-23(2)43(22)32-14-9-27(21-38-32)35(45)39-25(4)26-7-10-29(11-8-26)42-17-15-41(5)16-18-42/h7-14,21,23,25,28H,1,15-20H2,2-6H3,(H2,37,44)(H,39,45)(H,40,46). The number of carbonyl (C=O) groups excluding carboxylic acids is 3. The maximum Gasteiger partial charge on any atom is 0.253 e. The molecule has 0 aliphatic carbocycles. The number of ether oxygens (including phenoxy) is 1. The number of anilines is 2. The Kier molecular flexibility index (Phi) is 10.1.